The molecule has 0 atom stereocenters. The Balaban J connectivity index is 2.12. The number of aromatic nitrogens is 2. The number of thioether (sulfide) groups is 1. The normalized spacial score (nSPS) is 11.2. The molecule has 0 fully saturated rings. The molecule has 0 aliphatic rings. The van der Waals surface area contributed by atoms with Gasteiger partial charge in [-0.05, 0) is 31.2 Å². The number of hydrogen-bond donors (Lipinski definition) is 0. The molecule has 1 aromatic carbocycles. The third-order valence-corrected chi connectivity index (χ3v) is 5.51. The number of hydrogen-bond acceptors (Lipinski definition) is 4. The van der Waals surface area contributed by atoms with E-state index in [1.807, 2.05) is 12.3 Å². The van der Waals surface area contributed by atoms with Crippen molar-refractivity contribution in [3.63, 3.8) is 0 Å². The van der Waals surface area contributed by atoms with Crippen LogP contribution in [0.3, 0.4) is 0 Å². The summed E-state index contributed by atoms with van der Waals surface area (Å²) in [4.78, 5) is 19.6. The minimum Gasteiger partial charge on any atom is -0.283 e. The molecule has 5 heteroatoms. The van der Waals surface area contributed by atoms with Gasteiger partial charge in [0.05, 0.1) is 11.9 Å². The van der Waals surface area contributed by atoms with E-state index in [0.29, 0.717) is 6.54 Å². The summed E-state index contributed by atoms with van der Waals surface area (Å²) in [7, 11) is 0. The van der Waals surface area contributed by atoms with Crippen molar-refractivity contribution in [2.24, 2.45) is 0 Å². The van der Waals surface area contributed by atoms with E-state index in [1.54, 1.807) is 15.9 Å². The molecule has 22 heavy (non-hydrogen) atoms. The fourth-order valence-corrected chi connectivity index (χ4v) is 3.96. The SMILES string of the molecule is CCc1cc2c(=O)n(Cc3ccc(C)cc3)c(SC)nc2s1. The van der Waals surface area contributed by atoms with Crippen molar-refractivity contribution in [3.05, 3.63) is 56.7 Å². The van der Waals surface area contributed by atoms with Gasteiger partial charge in [-0.25, -0.2) is 4.98 Å². The van der Waals surface area contributed by atoms with Crippen LogP contribution >= 0.6 is 23.1 Å². The van der Waals surface area contributed by atoms with E-state index in [9.17, 15) is 4.79 Å². The summed E-state index contributed by atoms with van der Waals surface area (Å²) in [6, 6.07) is 10.3. The zero-order valence-corrected chi connectivity index (χ0v) is 14.6. The van der Waals surface area contributed by atoms with Crippen LogP contribution < -0.4 is 5.56 Å². The lowest BCUT2D eigenvalue weighted by Gasteiger charge is -2.10. The van der Waals surface area contributed by atoms with Gasteiger partial charge in [-0.3, -0.25) is 9.36 Å². The molecule has 0 saturated heterocycles. The quantitative estimate of drug-likeness (QED) is 0.533. The number of fused-ring (bicyclic) bond motifs is 1. The van der Waals surface area contributed by atoms with E-state index in [0.717, 1.165) is 27.4 Å². The summed E-state index contributed by atoms with van der Waals surface area (Å²) < 4.78 is 1.78. The number of nitrogens with zero attached hydrogens (tertiary/aromatic N) is 2. The number of rotatable bonds is 4. The Labute approximate surface area is 138 Å². The van der Waals surface area contributed by atoms with Crippen LogP contribution in [0.1, 0.15) is 22.9 Å². The van der Waals surface area contributed by atoms with Gasteiger partial charge in [0.1, 0.15) is 4.83 Å². The highest BCUT2D eigenvalue weighted by atomic mass is 32.2. The maximum Gasteiger partial charge on any atom is 0.263 e. The Bertz CT molecular complexity index is 863. The maximum atomic E-state index is 12.8. The summed E-state index contributed by atoms with van der Waals surface area (Å²) in [5, 5.41) is 1.52. The van der Waals surface area contributed by atoms with Crippen LogP contribution in [0.5, 0.6) is 0 Å². The van der Waals surface area contributed by atoms with Crippen LogP contribution in [0, 0.1) is 6.92 Å². The van der Waals surface area contributed by atoms with E-state index in [1.165, 1.54) is 22.2 Å². The molecule has 2 heterocycles. The first-order valence-electron chi connectivity index (χ1n) is 7.25. The van der Waals surface area contributed by atoms with E-state index in [2.05, 4.69) is 43.1 Å². The minimum absolute atomic E-state index is 0.0610. The molecule has 3 nitrogen and oxygen atoms in total. The van der Waals surface area contributed by atoms with E-state index in [4.69, 9.17) is 0 Å². The Morgan fingerprint density at radius 3 is 2.64 bits per heavy atom. The van der Waals surface area contributed by atoms with Crippen molar-refractivity contribution in [2.45, 2.75) is 32.0 Å². The van der Waals surface area contributed by atoms with Crippen LogP contribution in [0.4, 0.5) is 0 Å². The lowest BCUT2D eigenvalue weighted by atomic mass is 10.1. The zero-order valence-electron chi connectivity index (χ0n) is 12.9. The summed E-state index contributed by atoms with van der Waals surface area (Å²) in [6.07, 6.45) is 2.90. The van der Waals surface area contributed by atoms with Crippen LogP contribution in [0.15, 0.2) is 40.3 Å². The van der Waals surface area contributed by atoms with Crippen LogP contribution in [0.25, 0.3) is 10.2 Å². The fraction of sp³-hybridized carbons (Fsp3) is 0.294. The van der Waals surface area contributed by atoms with Crippen molar-refractivity contribution >= 4 is 33.3 Å². The van der Waals surface area contributed by atoms with Gasteiger partial charge < -0.3 is 0 Å². The smallest absolute Gasteiger partial charge is 0.263 e. The molecule has 0 saturated carbocycles. The molecule has 3 rings (SSSR count). The molecule has 0 spiro atoms. The van der Waals surface area contributed by atoms with E-state index < -0.39 is 0 Å². The average Bonchev–Trinajstić information content (AvgIpc) is 2.95. The first kappa shape index (κ1) is 15.3. The molecule has 0 aliphatic carbocycles. The third kappa shape index (κ3) is 2.83. The van der Waals surface area contributed by atoms with Crippen molar-refractivity contribution in [1.82, 2.24) is 9.55 Å². The van der Waals surface area contributed by atoms with Gasteiger partial charge in [0.15, 0.2) is 5.16 Å². The van der Waals surface area contributed by atoms with Gasteiger partial charge in [-0.1, -0.05) is 48.5 Å². The van der Waals surface area contributed by atoms with E-state index in [-0.39, 0.29) is 5.56 Å². The summed E-state index contributed by atoms with van der Waals surface area (Å²) in [5.74, 6) is 0. The molecule has 114 valence electrons. The molecule has 3 aromatic rings. The second-order valence-corrected chi connectivity index (χ2v) is 7.15. The molecule has 0 amide bonds. The van der Waals surface area contributed by atoms with Gasteiger partial charge in [0.2, 0.25) is 0 Å². The Morgan fingerprint density at radius 1 is 1.27 bits per heavy atom. The topological polar surface area (TPSA) is 34.9 Å². The molecule has 2 aromatic heterocycles. The summed E-state index contributed by atoms with van der Waals surface area (Å²) >= 11 is 3.14. The van der Waals surface area contributed by atoms with Crippen LogP contribution in [-0.4, -0.2) is 15.8 Å². The highest BCUT2D eigenvalue weighted by molar-refractivity contribution is 7.98. The van der Waals surface area contributed by atoms with E-state index >= 15 is 0 Å². The molecule has 0 N–H and O–H groups in total. The van der Waals surface area contributed by atoms with Crippen molar-refractivity contribution in [1.29, 1.82) is 0 Å². The van der Waals surface area contributed by atoms with Crippen molar-refractivity contribution in [3.8, 4) is 0 Å². The highest BCUT2D eigenvalue weighted by Crippen LogP contribution is 2.24. The molecule has 0 bridgehead atoms. The first-order chi connectivity index (χ1) is 10.6. The second-order valence-electron chi connectivity index (χ2n) is 5.26. The minimum atomic E-state index is 0.0610. The van der Waals surface area contributed by atoms with Crippen molar-refractivity contribution in [2.75, 3.05) is 6.26 Å². The Morgan fingerprint density at radius 2 is 2.00 bits per heavy atom. The van der Waals surface area contributed by atoms with Gasteiger partial charge in [0, 0.05) is 4.88 Å². The Hall–Kier alpha value is -1.59. The molecular weight excluding hydrogens is 312 g/mol. The predicted octanol–water partition coefficient (Wildman–Crippen LogP) is 4.10. The molecule has 0 unspecified atom stereocenters. The second kappa shape index (κ2) is 6.26. The highest BCUT2D eigenvalue weighted by Gasteiger charge is 2.13. The molecule has 0 radical (unpaired) electrons. The predicted molar refractivity (Wildman–Crippen MR) is 95.3 cm³/mol. The van der Waals surface area contributed by atoms with Gasteiger partial charge >= 0.3 is 0 Å². The van der Waals surface area contributed by atoms with Gasteiger partial charge in [-0.2, -0.15) is 0 Å². The fourth-order valence-electron chi connectivity index (χ4n) is 2.39. The van der Waals surface area contributed by atoms with Crippen LogP contribution in [-0.2, 0) is 13.0 Å². The monoisotopic (exact) mass is 330 g/mol. The summed E-state index contributed by atoms with van der Waals surface area (Å²) in [5.41, 5.74) is 2.40. The lowest BCUT2D eigenvalue weighted by molar-refractivity contribution is 0.660. The van der Waals surface area contributed by atoms with Crippen molar-refractivity contribution < 1.29 is 0 Å². The molecular formula is C17H18N2OS2. The van der Waals surface area contributed by atoms with Gasteiger partial charge in [0.25, 0.3) is 5.56 Å². The molecule has 0 aliphatic heterocycles. The Kier molecular flexibility index (Phi) is 4.36. The number of thiophene rings is 1. The lowest BCUT2D eigenvalue weighted by Crippen LogP contribution is -2.23. The van der Waals surface area contributed by atoms with Crippen LogP contribution in [0.2, 0.25) is 0 Å². The maximum absolute atomic E-state index is 12.8. The third-order valence-electron chi connectivity index (χ3n) is 3.66. The zero-order chi connectivity index (χ0) is 15.7. The largest absolute Gasteiger partial charge is 0.283 e. The van der Waals surface area contributed by atoms with Gasteiger partial charge in [-0.15, -0.1) is 11.3 Å². The number of aryl methyl sites for hydroxylation is 2. The number of benzene rings is 1. The summed E-state index contributed by atoms with van der Waals surface area (Å²) in [6.45, 7) is 4.73. The average molecular weight is 330 g/mol. The standard InChI is InChI=1S/C17H18N2OS2/c1-4-13-9-14-15(22-13)18-17(21-3)19(16(14)20)10-12-7-5-11(2)6-8-12/h5-9H,4,10H2,1-3H3. The first-order valence-corrected chi connectivity index (χ1v) is 9.29.